The maximum absolute atomic E-state index is 12.4. The standard InChI is InChI=1S/C19H20N2O4/c20-11-18(23)21-16(9-12-4-3-6-14(22)8-12)15-7-2-1-5-13(15)10-17(21)19(24)25/h1-8,16-17,22H,9-11,20H2,(H,24,25)/t16-,17+/m1/s1. The number of carbonyl (C=O) groups is 2. The summed E-state index contributed by atoms with van der Waals surface area (Å²) in [6, 6.07) is 12.9. The molecule has 2 atom stereocenters. The normalized spacial score (nSPS) is 19.3. The molecule has 6 heteroatoms. The summed E-state index contributed by atoms with van der Waals surface area (Å²) < 4.78 is 0. The van der Waals surface area contributed by atoms with Gasteiger partial charge in [0.2, 0.25) is 5.91 Å². The minimum atomic E-state index is -1.04. The number of nitrogens with zero attached hydrogens (tertiary/aromatic N) is 1. The van der Waals surface area contributed by atoms with Crippen LogP contribution in [0.3, 0.4) is 0 Å². The van der Waals surface area contributed by atoms with Gasteiger partial charge in [0.15, 0.2) is 0 Å². The number of amides is 1. The molecule has 0 spiro atoms. The van der Waals surface area contributed by atoms with Crippen molar-refractivity contribution in [1.82, 2.24) is 4.90 Å². The molecule has 0 fully saturated rings. The largest absolute Gasteiger partial charge is 0.508 e. The fraction of sp³-hybridized carbons (Fsp3) is 0.263. The molecule has 2 aromatic rings. The van der Waals surface area contributed by atoms with Gasteiger partial charge < -0.3 is 20.8 Å². The summed E-state index contributed by atoms with van der Waals surface area (Å²) in [5.74, 6) is -1.31. The van der Waals surface area contributed by atoms with Crippen molar-refractivity contribution in [3.05, 3.63) is 65.2 Å². The van der Waals surface area contributed by atoms with Crippen LogP contribution in [0.5, 0.6) is 5.75 Å². The van der Waals surface area contributed by atoms with Crippen LogP contribution in [0.1, 0.15) is 22.7 Å². The van der Waals surface area contributed by atoms with Gasteiger partial charge >= 0.3 is 5.97 Å². The van der Waals surface area contributed by atoms with Crippen LogP contribution in [0.2, 0.25) is 0 Å². The number of carboxylic acid groups (broad SMARTS) is 1. The number of nitrogens with two attached hydrogens (primary N) is 1. The number of phenolic OH excluding ortho intramolecular Hbond substituents is 1. The van der Waals surface area contributed by atoms with Crippen molar-refractivity contribution in [2.45, 2.75) is 24.9 Å². The molecule has 1 aliphatic heterocycles. The first kappa shape index (κ1) is 17.0. The van der Waals surface area contributed by atoms with Gasteiger partial charge in [0.05, 0.1) is 12.6 Å². The van der Waals surface area contributed by atoms with E-state index in [0.29, 0.717) is 6.42 Å². The molecule has 130 valence electrons. The molecule has 1 aliphatic rings. The third kappa shape index (κ3) is 3.34. The topological polar surface area (TPSA) is 104 Å². The van der Waals surface area contributed by atoms with E-state index < -0.39 is 24.0 Å². The van der Waals surface area contributed by atoms with Gasteiger partial charge in [0.25, 0.3) is 0 Å². The SMILES string of the molecule is NCC(=O)N1[C@H](Cc2cccc(O)c2)c2ccccc2C[C@H]1C(=O)O. The summed E-state index contributed by atoms with van der Waals surface area (Å²) in [5.41, 5.74) is 8.20. The number of hydrogen-bond acceptors (Lipinski definition) is 4. The summed E-state index contributed by atoms with van der Waals surface area (Å²) in [6.45, 7) is -0.248. The van der Waals surface area contributed by atoms with Gasteiger partial charge in [0, 0.05) is 6.42 Å². The zero-order chi connectivity index (χ0) is 18.0. The predicted molar refractivity (Wildman–Crippen MR) is 92.0 cm³/mol. The Morgan fingerprint density at radius 3 is 2.60 bits per heavy atom. The molecule has 0 bridgehead atoms. The Morgan fingerprint density at radius 2 is 1.92 bits per heavy atom. The molecule has 0 aromatic heterocycles. The van der Waals surface area contributed by atoms with Gasteiger partial charge in [-0.05, 0) is 35.2 Å². The molecular formula is C19H20N2O4. The number of aliphatic carboxylic acids is 1. The number of hydrogen-bond donors (Lipinski definition) is 3. The molecule has 0 saturated carbocycles. The Labute approximate surface area is 145 Å². The highest BCUT2D eigenvalue weighted by atomic mass is 16.4. The number of carboxylic acids is 1. The Morgan fingerprint density at radius 1 is 1.16 bits per heavy atom. The monoisotopic (exact) mass is 340 g/mol. The minimum absolute atomic E-state index is 0.132. The average molecular weight is 340 g/mol. The molecule has 6 nitrogen and oxygen atoms in total. The quantitative estimate of drug-likeness (QED) is 0.782. The highest BCUT2D eigenvalue weighted by molar-refractivity contribution is 5.86. The minimum Gasteiger partial charge on any atom is -0.508 e. The lowest BCUT2D eigenvalue weighted by Crippen LogP contribution is -2.53. The highest BCUT2D eigenvalue weighted by Crippen LogP contribution is 2.36. The number of aromatic hydroxyl groups is 1. The van der Waals surface area contributed by atoms with E-state index in [9.17, 15) is 19.8 Å². The van der Waals surface area contributed by atoms with Gasteiger partial charge in [-0.3, -0.25) is 4.79 Å². The highest BCUT2D eigenvalue weighted by Gasteiger charge is 2.40. The molecule has 0 saturated heterocycles. The van der Waals surface area contributed by atoms with E-state index in [-0.39, 0.29) is 18.7 Å². The van der Waals surface area contributed by atoms with Crippen LogP contribution in [0.4, 0.5) is 0 Å². The lowest BCUT2D eigenvalue weighted by atomic mass is 9.85. The van der Waals surface area contributed by atoms with Gasteiger partial charge in [0.1, 0.15) is 11.8 Å². The molecule has 0 radical (unpaired) electrons. The molecule has 2 aromatic carbocycles. The number of benzene rings is 2. The van der Waals surface area contributed by atoms with E-state index in [1.807, 2.05) is 30.3 Å². The zero-order valence-corrected chi connectivity index (χ0v) is 13.6. The number of carbonyl (C=O) groups excluding carboxylic acids is 1. The maximum Gasteiger partial charge on any atom is 0.326 e. The first-order valence-electron chi connectivity index (χ1n) is 8.11. The second-order valence-corrected chi connectivity index (χ2v) is 6.15. The third-order valence-electron chi connectivity index (χ3n) is 4.59. The molecule has 4 N–H and O–H groups in total. The van der Waals surface area contributed by atoms with Crippen LogP contribution in [0.25, 0.3) is 0 Å². The van der Waals surface area contributed by atoms with Crippen molar-refractivity contribution < 1.29 is 19.8 Å². The predicted octanol–water partition coefficient (Wildman–Crippen LogP) is 1.47. The fourth-order valence-corrected chi connectivity index (χ4v) is 3.49. The summed E-state index contributed by atoms with van der Waals surface area (Å²) >= 11 is 0. The molecule has 1 heterocycles. The van der Waals surface area contributed by atoms with Crippen molar-refractivity contribution >= 4 is 11.9 Å². The molecule has 3 rings (SSSR count). The van der Waals surface area contributed by atoms with Crippen LogP contribution >= 0.6 is 0 Å². The first-order chi connectivity index (χ1) is 12.0. The molecule has 0 unspecified atom stereocenters. The van der Waals surface area contributed by atoms with Gasteiger partial charge in [-0.15, -0.1) is 0 Å². The fourth-order valence-electron chi connectivity index (χ4n) is 3.49. The summed E-state index contributed by atoms with van der Waals surface area (Å²) in [6.07, 6.45) is 0.661. The van der Waals surface area contributed by atoms with Gasteiger partial charge in [-0.25, -0.2) is 4.79 Å². The van der Waals surface area contributed by atoms with Crippen molar-refractivity contribution in [1.29, 1.82) is 0 Å². The molecule has 1 amide bonds. The number of fused-ring (bicyclic) bond motifs is 1. The van der Waals surface area contributed by atoms with Crippen molar-refractivity contribution in [3.63, 3.8) is 0 Å². The van der Waals surface area contributed by atoms with Crippen molar-refractivity contribution in [2.24, 2.45) is 5.73 Å². The lowest BCUT2D eigenvalue weighted by molar-refractivity contribution is -0.152. The van der Waals surface area contributed by atoms with E-state index in [0.717, 1.165) is 16.7 Å². The van der Waals surface area contributed by atoms with E-state index in [2.05, 4.69) is 0 Å². The third-order valence-corrected chi connectivity index (χ3v) is 4.59. The summed E-state index contributed by atoms with van der Waals surface area (Å²) in [4.78, 5) is 25.6. The van der Waals surface area contributed by atoms with E-state index in [4.69, 9.17) is 5.73 Å². The Hall–Kier alpha value is -2.86. The van der Waals surface area contributed by atoms with Gasteiger partial charge in [-0.1, -0.05) is 36.4 Å². The maximum atomic E-state index is 12.4. The number of rotatable bonds is 4. The van der Waals surface area contributed by atoms with Crippen LogP contribution in [0.15, 0.2) is 48.5 Å². The Kier molecular flexibility index (Phi) is 4.72. The van der Waals surface area contributed by atoms with Crippen LogP contribution in [0, 0.1) is 0 Å². The zero-order valence-electron chi connectivity index (χ0n) is 13.6. The van der Waals surface area contributed by atoms with E-state index in [1.54, 1.807) is 18.2 Å². The lowest BCUT2D eigenvalue weighted by Gasteiger charge is -2.41. The molecular weight excluding hydrogens is 320 g/mol. The first-order valence-corrected chi connectivity index (χ1v) is 8.11. The van der Waals surface area contributed by atoms with Crippen molar-refractivity contribution in [3.8, 4) is 5.75 Å². The smallest absolute Gasteiger partial charge is 0.326 e. The van der Waals surface area contributed by atoms with Crippen LogP contribution in [-0.4, -0.2) is 39.6 Å². The van der Waals surface area contributed by atoms with Crippen LogP contribution < -0.4 is 5.73 Å². The second-order valence-electron chi connectivity index (χ2n) is 6.15. The van der Waals surface area contributed by atoms with Crippen LogP contribution in [-0.2, 0) is 22.4 Å². The Balaban J connectivity index is 2.08. The average Bonchev–Trinajstić information content (AvgIpc) is 2.60. The Bertz CT molecular complexity index is 806. The number of phenols is 1. The van der Waals surface area contributed by atoms with E-state index >= 15 is 0 Å². The summed E-state index contributed by atoms with van der Waals surface area (Å²) in [5, 5.41) is 19.3. The van der Waals surface area contributed by atoms with Gasteiger partial charge in [-0.2, -0.15) is 0 Å². The summed E-state index contributed by atoms with van der Waals surface area (Å²) in [7, 11) is 0. The van der Waals surface area contributed by atoms with E-state index in [1.165, 1.54) is 4.90 Å². The van der Waals surface area contributed by atoms with Crippen molar-refractivity contribution in [2.75, 3.05) is 6.54 Å². The molecule has 0 aliphatic carbocycles. The second kappa shape index (κ2) is 6.94. The molecule has 25 heavy (non-hydrogen) atoms.